The number of ether oxygens (including phenoxy) is 1. The second-order valence-corrected chi connectivity index (χ2v) is 5.21. The minimum Gasteiger partial charge on any atom is -0.383 e. The monoisotopic (exact) mass is 249 g/mol. The smallest absolute Gasteiger partial charge is 0.162 e. The summed E-state index contributed by atoms with van der Waals surface area (Å²) in [4.78, 5) is 9.22. The number of nitrogens with two attached hydrogens (primary N) is 1. The van der Waals surface area contributed by atoms with Gasteiger partial charge in [0.15, 0.2) is 5.82 Å². The number of aromatic nitrogens is 2. The average Bonchev–Trinajstić information content (AvgIpc) is 2.63. The summed E-state index contributed by atoms with van der Waals surface area (Å²) in [5.41, 5.74) is 7.97. The summed E-state index contributed by atoms with van der Waals surface area (Å²) >= 11 is 0. The van der Waals surface area contributed by atoms with Crippen LogP contribution in [0.2, 0.25) is 0 Å². The first-order chi connectivity index (χ1) is 8.60. The SMILES string of the molecule is CCC(C)(OC)c1nc(N)c2c(n1)CCCCC2. The highest BCUT2D eigenvalue weighted by Gasteiger charge is 2.29. The Morgan fingerprint density at radius 1 is 1.22 bits per heavy atom. The van der Waals surface area contributed by atoms with Crippen LogP contribution in [0.4, 0.5) is 5.82 Å². The third-order valence-corrected chi connectivity index (χ3v) is 4.06. The first-order valence-electron chi connectivity index (χ1n) is 6.81. The number of rotatable bonds is 3. The number of methoxy groups -OCH3 is 1. The molecule has 2 rings (SSSR count). The van der Waals surface area contributed by atoms with Gasteiger partial charge in [-0.3, -0.25) is 0 Å². The van der Waals surface area contributed by atoms with Crippen LogP contribution >= 0.6 is 0 Å². The van der Waals surface area contributed by atoms with Crippen LogP contribution < -0.4 is 5.73 Å². The zero-order valence-electron chi connectivity index (χ0n) is 11.6. The molecule has 1 aliphatic rings. The first kappa shape index (κ1) is 13.3. The van der Waals surface area contributed by atoms with E-state index in [1.165, 1.54) is 19.3 Å². The fraction of sp³-hybridized carbons (Fsp3) is 0.714. The van der Waals surface area contributed by atoms with Crippen molar-refractivity contribution in [2.45, 2.75) is 58.0 Å². The maximum atomic E-state index is 6.11. The van der Waals surface area contributed by atoms with Crippen molar-refractivity contribution in [1.82, 2.24) is 9.97 Å². The molecule has 0 radical (unpaired) electrons. The molecule has 1 heterocycles. The second-order valence-electron chi connectivity index (χ2n) is 5.21. The van der Waals surface area contributed by atoms with E-state index in [-0.39, 0.29) is 0 Å². The molecule has 0 aliphatic heterocycles. The number of nitrogen functional groups attached to an aromatic ring is 1. The van der Waals surface area contributed by atoms with Crippen LogP contribution in [0.3, 0.4) is 0 Å². The Kier molecular flexibility index (Phi) is 3.85. The largest absolute Gasteiger partial charge is 0.383 e. The lowest BCUT2D eigenvalue weighted by atomic mass is 10.0. The Morgan fingerprint density at radius 3 is 2.61 bits per heavy atom. The molecular weight excluding hydrogens is 226 g/mol. The van der Waals surface area contributed by atoms with Crippen molar-refractivity contribution in [3.63, 3.8) is 0 Å². The molecule has 4 nitrogen and oxygen atoms in total. The van der Waals surface area contributed by atoms with Gasteiger partial charge in [0.25, 0.3) is 0 Å². The van der Waals surface area contributed by atoms with Gasteiger partial charge in [-0.1, -0.05) is 13.3 Å². The number of aryl methyl sites for hydroxylation is 1. The van der Waals surface area contributed by atoms with Crippen LogP contribution in [0.15, 0.2) is 0 Å². The average molecular weight is 249 g/mol. The molecule has 0 saturated heterocycles. The first-order valence-corrected chi connectivity index (χ1v) is 6.81. The van der Waals surface area contributed by atoms with Crippen LogP contribution in [0, 0.1) is 0 Å². The minimum absolute atomic E-state index is 0.435. The number of fused-ring (bicyclic) bond motifs is 1. The maximum absolute atomic E-state index is 6.11. The summed E-state index contributed by atoms with van der Waals surface area (Å²) < 4.78 is 5.57. The Hall–Kier alpha value is -1.16. The summed E-state index contributed by atoms with van der Waals surface area (Å²) in [5, 5.41) is 0. The second kappa shape index (κ2) is 5.22. The van der Waals surface area contributed by atoms with Gasteiger partial charge in [-0.15, -0.1) is 0 Å². The standard InChI is InChI=1S/C14H23N3O/c1-4-14(2,18-3)13-16-11-9-7-5-6-8-10(11)12(15)17-13/h4-9H2,1-3H3,(H2,15,16,17). The Morgan fingerprint density at radius 2 is 1.94 bits per heavy atom. The fourth-order valence-electron chi connectivity index (χ4n) is 2.43. The van der Waals surface area contributed by atoms with Gasteiger partial charge in [0.05, 0.1) is 0 Å². The van der Waals surface area contributed by atoms with E-state index in [0.717, 1.165) is 36.3 Å². The van der Waals surface area contributed by atoms with Crippen LogP contribution in [0.25, 0.3) is 0 Å². The lowest BCUT2D eigenvalue weighted by Gasteiger charge is -2.26. The molecule has 0 spiro atoms. The molecule has 1 aromatic heterocycles. The van der Waals surface area contributed by atoms with Gasteiger partial charge in [0.2, 0.25) is 0 Å². The Bertz CT molecular complexity index is 427. The molecule has 18 heavy (non-hydrogen) atoms. The van der Waals surface area contributed by atoms with Gasteiger partial charge in [-0.25, -0.2) is 9.97 Å². The molecule has 100 valence electrons. The molecule has 2 N–H and O–H groups in total. The summed E-state index contributed by atoms with van der Waals surface area (Å²) in [5.74, 6) is 1.37. The van der Waals surface area contributed by atoms with Crippen molar-refractivity contribution in [2.24, 2.45) is 0 Å². The molecule has 1 aromatic rings. The lowest BCUT2D eigenvalue weighted by molar-refractivity contribution is -0.00905. The van der Waals surface area contributed by atoms with Gasteiger partial charge in [-0.2, -0.15) is 0 Å². The predicted octanol–water partition coefficient (Wildman–Crippen LogP) is 2.60. The van der Waals surface area contributed by atoms with Crippen molar-refractivity contribution in [1.29, 1.82) is 0 Å². The summed E-state index contributed by atoms with van der Waals surface area (Å²) in [6.45, 7) is 4.10. The van der Waals surface area contributed by atoms with E-state index in [0.29, 0.717) is 5.82 Å². The Balaban J connectivity index is 2.46. The number of anilines is 1. The van der Waals surface area contributed by atoms with Crippen molar-refractivity contribution in [2.75, 3.05) is 12.8 Å². The van der Waals surface area contributed by atoms with E-state index in [1.807, 2.05) is 6.92 Å². The van der Waals surface area contributed by atoms with E-state index in [1.54, 1.807) is 7.11 Å². The normalized spacial score (nSPS) is 18.8. The van der Waals surface area contributed by atoms with Gasteiger partial charge < -0.3 is 10.5 Å². The molecule has 0 aromatic carbocycles. The third-order valence-electron chi connectivity index (χ3n) is 4.06. The Labute approximate surface area is 109 Å². The van der Waals surface area contributed by atoms with Crippen LogP contribution in [0.5, 0.6) is 0 Å². The molecule has 1 unspecified atom stereocenters. The summed E-state index contributed by atoms with van der Waals surface area (Å²) in [7, 11) is 1.70. The highest BCUT2D eigenvalue weighted by atomic mass is 16.5. The van der Waals surface area contributed by atoms with Crippen LogP contribution in [0.1, 0.15) is 56.6 Å². The van der Waals surface area contributed by atoms with Crippen molar-refractivity contribution < 1.29 is 4.74 Å². The van der Waals surface area contributed by atoms with Crippen LogP contribution in [-0.2, 0) is 23.2 Å². The summed E-state index contributed by atoms with van der Waals surface area (Å²) in [6.07, 6.45) is 6.49. The van der Waals surface area contributed by atoms with E-state index >= 15 is 0 Å². The topological polar surface area (TPSA) is 61.0 Å². The molecule has 0 saturated carbocycles. The molecule has 0 amide bonds. The summed E-state index contributed by atoms with van der Waals surface area (Å²) in [6, 6.07) is 0. The molecule has 1 atom stereocenters. The number of hydrogen-bond donors (Lipinski definition) is 1. The van der Waals surface area contributed by atoms with E-state index < -0.39 is 5.60 Å². The number of hydrogen-bond acceptors (Lipinski definition) is 4. The van der Waals surface area contributed by atoms with Crippen molar-refractivity contribution >= 4 is 5.82 Å². The molecule has 0 bridgehead atoms. The van der Waals surface area contributed by atoms with Gasteiger partial charge >= 0.3 is 0 Å². The number of nitrogens with zero attached hydrogens (tertiary/aromatic N) is 2. The molecular formula is C14H23N3O. The quantitative estimate of drug-likeness (QED) is 0.836. The highest BCUT2D eigenvalue weighted by Crippen LogP contribution is 2.29. The van der Waals surface area contributed by atoms with Crippen molar-refractivity contribution in [3.8, 4) is 0 Å². The van der Waals surface area contributed by atoms with Gasteiger partial charge in [0, 0.05) is 18.4 Å². The minimum atomic E-state index is -0.435. The highest BCUT2D eigenvalue weighted by molar-refractivity contribution is 5.43. The molecule has 1 aliphatic carbocycles. The zero-order chi connectivity index (χ0) is 13.2. The van der Waals surface area contributed by atoms with E-state index in [4.69, 9.17) is 15.5 Å². The van der Waals surface area contributed by atoms with E-state index in [9.17, 15) is 0 Å². The van der Waals surface area contributed by atoms with E-state index in [2.05, 4.69) is 11.9 Å². The fourth-order valence-corrected chi connectivity index (χ4v) is 2.43. The molecule has 0 fully saturated rings. The maximum Gasteiger partial charge on any atom is 0.162 e. The predicted molar refractivity (Wildman–Crippen MR) is 72.4 cm³/mol. The molecule has 4 heteroatoms. The van der Waals surface area contributed by atoms with Gasteiger partial charge in [-0.05, 0) is 39.0 Å². The van der Waals surface area contributed by atoms with Crippen LogP contribution in [-0.4, -0.2) is 17.1 Å². The third kappa shape index (κ3) is 2.34. The lowest BCUT2D eigenvalue weighted by Crippen LogP contribution is -2.28. The zero-order valence-corrected chi connectivity index (χ0v) is 11.6. The van der Waals surface area contributed by atoms with Crippen molar-refractivity contribution in [3.05, 3.63) is 17.1 Å². The van der Waals surface area contributed by atoms with Gasteiger partial charge in [0.1, 0.15) is 11.4 Å².